The first kappa shape index (κ1) is 23.5. The third kappa shape index (κ3) is 4.82. The number of morpholine rings is 1. The van der Waals surface area contributed by atoms with Gasteiger partial charge < -0.3 is 19.9 Å². The summed E-state index contributed by atoms with van der Waals surface area (Å²) in [5.74, 6) is -0.0588. The van der Waals surface area contributed by atoms with Crippen molar-refractivity contribution in [3.63, 3.8) is 0 Å². The Bertz CT molecular complexity index is 1340. The molecule has 0 spiro atoms. The molecule has 1 unspecified atom stereocenters. The fourth-order valence-electron chi connectivity index (χ4n) is 4.00. The maximum Gasteiger partial charge on any atom is 0.136 e. The van der Waals surface area contributed by atoms with Crippen LogP contribution in [0.15, 0.2) is 42.6 Å². The first-order valence-corrected chi connectivity index (χ1v) is 12.2. The number of pyridine rings is 2. The van der Waals surface area contributed by atoms with E-state index in [2.05, 4.69) is 38.1 Å². The fourth-order valence-corrected chi connectivity index (χ4v) is 4.97. The van der Waals surface area contributed by atoms with Crippen molar-refractivity contribution >= 4 is 38.9 Å². The molecule has 3 aromatic heterocycles. The fraction of sp³-hybridized carbons (Fsp3) is 0.320. The van der Waals surface area contributed by atoms with Crippen LogP contribution < -0.4 is 10.2 Å². The molecule has 1 aliphatic rings. The summed E-state index contributed by atoms with van der Waals surface area (Å²) in [6, 6.07) is 9.68. The van der Waals surface area contributed by atoms with Gasteiger partial charge in [-0.15, -0.1) is 11.3 Å². The number of thiazole rings is 1. The van der Waals surface area contributed by atoms with E-state index in [9.17, 15) is 8.78 Å². The number of ether oxygens (including phenoxy) is 1. The summed E-state index contributed by atoms with van der Waals surface area (Å²) in [5.41, 5.74) is 2.55. The lowest BCUT2D eigenvalue weighted by atomic mass is 10.1. The number of fused-ring (bicyclic) bond motifs is 1. The van der Waals surface area contributed by atoms with Gasteiger partial charge >= 0.3 is 0 Å². The van der Waals surface area contributed by atoms with Crippen molar-refractivity contribution in [3.05, 3.63) is 59.9 Å². The molecule has 1 aromatic carbocycles. The van der Waals surface area contributed by atoms with Crippen molar-refractivity contribution in [2.75, 3.05) is 50.6 Å². The molecule has 1 fully saturated rings. The normalized spacial score (nSPS) is 15.1. The van der Waals surface area contributed by atoms with Crippen molar-refractivity contribution in [3.8, 4) is 10.6 Å². The summed E-state index contributed by atoms with van der Waals surface area (Å²) in [6.07, 6.45) is 1.66. The molecule has 5 rings (SSSR count). The lowest BCUT2D eigenvalue weighted by molar-refractivity contribution is 0.122. The molecule has 0 radical (unpaired) electrons. The maximum atomic E-state index is 14.2. The van der Waals surface area contributed by atoms with Gasteiger partial charge in [0.25, 0.3) is 0 Å². The number of hydrogen-bond acceptors (Lipinski definition) is 8. The lowest BCUT2D eigenvalue weighted by Gasteiger charge is -2.32. The minimum absolute atomic E-state index is 0.0989. The van der Waals surface area contributed by atoms with Crippen molar-refractivity contribution < 1.29 is 13.5 Å². The van der Waals surface area contributed by atoms with E-state index in [1.165, 1.54) is 29.5 Å². The van der Waals surface area contributed by atoms with E-state index in [0.29, 0.717) is 30.4 Å². The molecular formula is C25H26F2N6OS. The summed E-state index contributed by atoms with van der Waals surface area (Å²) in [5, 5.41) is 3.55. The zero-order chi connectivity index (χ0) is 24.5. The van der Waals surface area contributed by atoms with Gasteiger partial charge in [-0.3, -0.25) is 0 Å². The van der Waals surface area contributed by atoms with Gasteiger partial charge in [-0.25, -0.2) is 23.7 Å². The van der Waals surface area contributed by atoms with Crippen LogP contribution in [0.4, 0.5) is 26.1 Å². The Labute approximate surface area is 206 Å². The average molecular weight is 497 g/mol. The zero-order valence-electron chi connectivity index (χ0n) is 19.8. The molecule has 4 aromatic rings. The third-order valence-electron chi connectivity index (χ3n) is 6.13. The van der Waals surface area contributed by atoms with E-state index in [4.69, 9.17) is 9.72 Å². The number of rotatable bonds is 6. The number of aromatic nitrogens is 3. The number of nitrogens with zero attached hydrogens (tertiary/aromatic N) is 5. The van der Waals surface area contributed by atoms with E-state index in [-0.39, 0.29) is 16.6 Å². The van der Waals surface area contributed by atoms with E-state index < -0.39 is 11.6 Å². The summed E-state index contributed by atoms with van der Waals surface area (Å²) in [6.45, 7) is 5.18. The van der Waals surface area contributed by atoms with Crippen LogP contribution in [0.1, 0.15) is 18.7 Å². The Morgan fingerprint density at radius 1 is 1.06 bits per heavy atom. The molecule has 10 heteroatoms. The predicted octanol–water partition coefficient (Wildman–Crippen LogP) is 5.23. The topological polar surface area (TPSA) is 66.4 Å². The van der Waals surface area contributed by atoms with Crippen LogP contribution in [0.5, 0.6) is 0 Å². The molecule has 1 N–H and O–H groups in total. The first-order chi connectivity index (χ1) is 16.9. The predicted molar refractivity (Wildman–Crippen MR) is 135 cm³/mol. The largest absolute Gasteiger partial charge is 0.378 e. The van der Waals surface area contributed by atoms with Crippen LogP contribution in [0.3, 0.4) is 0 Å². The molecule has 0 aliphatic carbocycles. The Hall–Kier alpha value is -3.21. The summed E-state index contributed by atoms with van der Waals surface area (Å²) in [4.78, 5) is 18.3. The lowest BCUT2D eigenvalue weighted by Crippen LogP contribution is -2.37. The number of anilines is 3. The second kappa shape index (κ2) is 9.80. The minimum atomic E-state index is -0.637. The number of nitrogens with one attached hydrogen (secondary N) is 1. The molecule has 35 heavy (non-hydrogen) atoms. The van der Waals surface area contributed by atoms with E-state index in [0.717, 1.165) is 29.2 Å². The molecule has 4 heterocycles. The maximum absolute atomic E-state index is 14.2. The van der Waals surface area contributed by atoms with Crippen molar-refractivity contribution in [2.24, 2.45) is 0 Å². The molecule has 0 saturated carbocycles. The van der Waals surface area contributed by atoms with Gasteiger partial charge in [0.15, 0.2) is 0 Å². The van der Waals surface area contributed by atoms with Gasteiger partial charge in [0.05, 0.1) is 46.4 Å². The standard InChI is InChI=1S/C25H26F2N6OS/c1-15(32(2)3)24-19(33-9-11-34-12-10-33)7-8-21(31-24)30-22-13-18-20(14-28-22)35-25(29-18)23-16(26)5-4-6-17(23)27/h4-8,13-15H,9-12H2,1-3H3,(H,28,30,31). The highest BCUT2D eigenvalue weighted by Crippen LogP contribution is 2.34. The van der Waals surface area contributed by atoms with Gasteiger partial charge in [-0.05, 0) is 45.3 Å². The Kier molecular flexibility index (Phi) is 6.59. The first-order valence-electron chi connectivity index (χ1n) is 11.4. The number of benzene rings is 1. The van der Waals surface area contributed by atoms with Crippen LogP contribution in [0, 0.1) is 11.6 Å². The van der Waals surface area contributed by atoms with Crippen LogP contribution in [0.2, 0.25) is 0 Å². The highest BCUT2D eigenvalue weighted by atomic mass is 32.1. The summed E-state index contributed by atoms with van der Waals surface area (Å²) in [7, 11) is 4.06. The van der Waals surface area contributed by atoms with E-state index >= 15 is 0 Å². The highest BCUT2D eigenvalue weighted by molar-refractivity contribution is 7.21. The second-order valence-corrected chi connectivity index (χ2v) is 9.65. The molecule has 1 saturated heterocycles. The zero-order valence-corrected chi connectivity index (χ0v) is 20.6. The summed E-state index contributed by atoms with van der Waals surface area (Å²) < 4.78 is 34.7. The van der Waals surface area contributed by atoms with Crippen LogP contribution in [-0.2, 0) is 4.74 Å². The third-order valence-corrected chi connectivity index (χ3v) is 7.16. The molecule has 0 bridgehead atoms. The van der Waals surface area contributed by atoms with Crippen LogP contribution >= 0.6 is 11.3 Å². The van der Waals surface area contributed by atoms with Gasteiger partial charge in [0.2, 0.25) is 0 Å². The molecule has 1 atom stereocenters. The SMILES string of the molecule is CC(c1nc(Nc2cc3nc(-c4c(F)cccc4F)sc3cn2)ccc1N1CCOCC1)N(C)C. The molecule has 1 aliphatic heterocycles. The second-order valence-electron chi connectivity index (χ2n) is 8.62. The molecule has 182 valence electrons. The minimum Gasteiger partial charge on any atom is -0.378 e. The number of hydrogen-bond donors (Lipinski definition) is 1. The van der Waals surface area contributed by atoms with E-state index in [1.54, 1.807) is 12.3 Å². The average Bonchev–Trinajstić information content (AvgIpc) is 3.26. The van der Waals surface area contributed by atoms with Gasteiger partial charge in [0, 0.05) is 25.4 Å². The van der Waals surface area contributed by atoms with Crippen molar-refractivity contribution in [1.82, 2.24) is 19.9 Å². The Morgan fingerprint density at radius 2 is 1.80 bits per heavy atom. The van der Waals surface area contributed by atoms with E-state index in [1.807, 2.05) is 20.2 Å². The quantitative estimate of drug-likeness (QED) is 0.392. The smallest absolute Gasteiger partial charge is 0.136 e. The monoisotopic (exact) mass is 496 g/mol. The van der Waals surface area contributed by atoms with Crippen LogP contribution in [-0.4, -0.2) is 60.3 Å². The van der Waals surface area contributed by atoms with Crippen LogP contribution in [0.25, 0.3) is 20.8 Å². The highest BCUT2D eigenvalue weighted by Gasteiger charge is 2.22. The molecular weight excluding hydrogens is 470 g/mol. The van der Waals surface area contributed by atoms with Crippen molar-refractivity contribution in [1.29, 1.82) is 0 Å². The Balaban J connectivity index is 1.45. The molecule has 0 amide bonds. The van der Waals surface area contributed by atoms with Crippen molar-refractivity contribution in [2.45, 2.75) is 13.0 Å². The Morgan fingerprint density at radius 3 is 2.51 bits per heavy atom. The number of halogens is 2. The summed E-state index contributed by atoms with van der Waals surface area (Å²) >= 11 is 1.20. The van der Waals surface area contributed by atoms with Gasteiger partial charge in [0.1, 0.15) is 28.3 Å². The van der Waals surface area contributed by atoms with Gasteiger partial charge in [-0.2, -0.15) is 0 Å². The van der Waals surface area contributed by atoms with Gasteiger partial charge in [-0.1, -0.05) is 6.07 Å². The molecule has 7 nitrogen and oxygen atoms in total.